The molecule has 3 nitrogen and oxygen atoms in total. The molecule has 0 aliphatic carbocycles. The number of aryl methyl sites for hydroxylation is 2. The molecule has 0 bridgehead atoms. The van der Waals surface area contributed by atoms with Crippen molar-refractivity contribution >= 4 is 15.9 Å². The summed E-state index contributed by atoms with van der Waals surface area (Å²) in [6.45, 7) is 4.84. The van der Waals surface area contributed by atoms with Crippen LogP contribution < -0.4 is 5.56 Å². The minimum atomic E-state index is 0.0356. The normalized spacial score (nSPS) is 10.8. The van der Waals surface area contributed by atoms with Gasteiger partial charge in [-0.05, 0) is 29.3 Å². The SMILES string of the molecule is CCCCCCCCCn1cnc(C)c(Br)c1=O. The lowest BCUT2D eigenvalue weighted by Crippen LogP contribution is -2.22. The van der Waals surface area contributed by atoms with E-state index in [1.54, 1.807) is 10.9 Å². The second-order valence-electron chi connectivity index (χ2n) is 4.76. The summed E-state index contributed by atoms with van der Waals surface area (Å²) in [7, 11) is 0. The molecule has 1 aromatic rings. The van der Waals surface area contributed by atoms with Gasteiger partial charge in [-0.15, -0.1) is 0 Å². The topological polar surface area (TPSA) is 34.9 Å². The van der Waals surface area contributed by atoms with Crippen LogP contribution in [0.2, 0.25) is 0 Å². The van der Waals surface area contributed by atoms with Crippen LogP contribution in [-0.4, -0.2) is 9.55 Å². The van der Waals surface area contributed by atoms with E-state index in [9.17, 15) is 4.79 Å². The van der Waals surface area contributed by atoms with Crippen molar-refractivity contribution in [2.24, 2.45) is 0 Å². The van der Waals surface area contributed by atoms with Gasteiger partial charge in [-0.1, -0.05) is 45.4 Å². The van der Waals surface area contributed by atoms with Gasteiger partial charge >= 0.3 is 0 Å². The lowest BCUT2D eigenvalue weighted by atomic mass is 10.1. The first-order chi connectivity index (χ1) is 8.66. The molecule has 1 aromatic heterocycles. The molecule has 1 heterocycles. The summed E-state index contributed by atoms with van der Waals surface area (Å²) in [6.07, 6.45) is 10.5. The van der Waals surface area contributed by atoms with Crippen molar-refractivity contribution in [3.05, 3.63) is 26.8 Å². The molecule has 102 valence electrons. The first-order valence-electron chi connectivity index (χ1n) is 6.88. The van der Waals surface area contributed by atoms with Crippen LogP contribution in [-0.2, 0) is 6.54 Å². The highest BCUT2D eigenvalue weighted by Gasteiger charge is 2.04. The minimum Gasteiger partial charge on any atom is -0.298 e. The Kier molecular flexibility index (Phi) is 7.25. The predicted molar refractivity (Wildman–Crippen MR) is 78.9 cm³/mol. The summed E-state index contributed by atoms with van der Waals surface area (Å²) in [6, 6.07) is 0. The zero-order valence-electron chi connectivity index (χ0n) is 11.4. The molecule has 0 spiro atoms. The van der Waals surface area contributed by atoms with Crippen molar-refractivity contribution in [1.29, 1.82) is 0 Å². The fourth-order valence-corrected chi connectivity index (χ4v) is 2.27. The van der Waals surface area contributed by atoms with Gasteiger partial charge in [-0.3, -0.25) is 9.36 Å². The molecule has 0 aliphatic heterocycles. The highest BCUT2D eigenvalue weighted by Crippen LogP contribution is 2.09. The van der Waals surface area contributed by atoms with Gasteiger partial charge in [0.15, 0.2) is 0 Å². The number of aromatic nitrogens is 2. The monoisotopic (exact) mass is 314 g/mol. The minimum absolute atomic E-state index is 0.0356. The van der Waals surface area contributed by atoms with Gasteiger partial charge in [0.2, 0.25) is 0 Å². The maximum absolute atomic E-state index is 11.9. The summed E-state index contributed by atoms with van der Waals surface area (Å²) in [5.41, 5.74) is 0.796. The van der Waals surface area contributed by atoms with E-state index in [0.717, 1.165) is 18.7 Å². The van der Waals surface area contributed by atoms with Gasteiger partial charge in [0, 0.05) is 6.54 Å². The summed E-state index contributed by atoms with van der Waals surface area (Å²) in [5, 5.41) is 0. The van der Waals surface area contributed by atoms with E-state index in [-0.39, 0.29) is 5.56 Å². The van der Waals surface area contributed by atoms with E-state index in [4.69, 9.17) is 0 Å². The average molecular weight is 315 g/mol. The van der Waals surface area contributed by atoms with Crippen LogP contribution in [0.3, 0.4) is 0 Å². The smallest absolute Gasteiger partial charge is 0.267 e. The lowest BCUT2D eigenvalue weighted by molar-refractivity contribution is 0.537. The molecule has 0 saturated heterocycles. The number of hydrogen-bond acceptors (Lipinski definition) is 2. The van der Waals surface area contributed by atoms with Crippen LogP contribution in [0.4, 0.5) is 0 Å². The number of halogens is 1. The van der Waals surface area contributed by atoms with Gasteiger partial charge in [0.05, 0.1) is 12.0 Å². The molecule has 0 N–H and O–H groups in total. The molecule has 4 heteroatoms. The molecule has 0 saturated carbocycles. The third-order valence-electron chi connectivity index (χ3n) is 3.16. The maximum Gasteiger partial charge on any atom is 0.267 e. The number of nitrogens with zero attached hydrogens (tertiary/aromatic N) is 2. The molecule has 0 aromatic carbocycles. The quantitative estimate of drug-likeness (QED) is 0.678. The van der Waals surface area contributed by atoms with E-state index in [0.29, 0.717) is 4.47 Å². The molecule has 0 radical (unpaired) electrons. The van der Waals surface area contributed by atoms with Gasteiger partial charge < -0.3 is 0 Å². The Balaban J connectivity index is 2.28. The summed E-state index contributed by atoms with van der Waals surface area (Å²) < 4.78 is 2.29. The van der Waals surface area contributed by atoms with Crippen LogP contribution >= 0.6 is 15.9 Å². The van der Waals surface area contributed by atoms with Gasteiger partial charge in [-0.2, -0.15) is 0 Å². The van der Waals surface area contributed by atoms with Crippen molar-refractivity contribution in [3.8, 4) is 0 Å². The molecule has 0 amide bonds. The van der Waals surface area contributed by atoms with E-state index in [2.05, 4.69) is 27.8 Å². The van der Waals surface area contributed by atoms with E-state index >= 15 is 0 Å². The lowest BCUT2D eigenvalue weighted by Gasteiger charge is -2.06. The molecule has 0 fully saturated rings. The molecule has 1 rings (SSSR count). The maximum atomic E-state index is 11.9. The fourth-order valence-electron chi connectivity index (χ4n) is 1.94. The largest absolute Gasteiger partial charge is 0.298 e. The third kappa shape index (κ3) is 4.92. The zero-order chi connectivity index (χ0) is 13.4. The Morgan fingerprint density at radius 2 is 1.78 bits per heavy atom. The van der Waals surface area contributed by atoms with Crippen LogP contribution in [0, 0.1) is 6.92 Å². The third-order valence-corrected chi connectivity index (χ3v) is 4.07. The molecule has 0 unspecified atom stereocenters. The van der Waals surface area contributed by atoms with Crippen molar-refractivity contribution in [3.63, 3.8) is 0 Å². The van der Waals surface area contributed by atoms with Gasteiger partial charge in [0.25, 0.3) is 5.56 Å². The zero-order valence-corrected chi connectivity index (χ0v) is 13.0. The molecule has 0 aliphatic rings. The van der Waals surface area contributed by atoms with Crippen molar-refractivity contribution < 1.29 is 0 Å². The van der Waals surface area contributed by atoms with Crippen LogP contribution in [0.25, 0.3) is 0 Å². The van der Waals surface area contributed by atoms with Gasteiger partial charge in [-0.25, -0.2) is 4.98 Å². The van der Waals surface area contributed by atoms with Crippen molar-refractivity contribution in [2.45, 2.75) is 65.3 Å². The summed E-state index contributed by atoms with van der Waals surface area (Å²) in [5.74, 6) is 0. The van der Waals surface area contributed by atoms with E-state index < -0.39 is 0 Å². The van der Waals surface area contributed by atoms with Crippen molar-refractivity contribution in [1.82, 2.24) is 9.55 Å². The molecular formula is C14H23BrN2O. The van der Waals surface area contributed by atoms with E-state index in [1.165, 1.54) is 38.5 Å². The summed E-state index contributed by atoms with van der Waals surface area (Å²) in [4.78, 5) is 16.1. The predicted octanol–water partition coefficient (Wildman–Crippen LogP) is 4.06. The standard InChI is InChI=1S/C14H23BrN2O/c1-3-4-5-6-7-8-9-10-17-11-16-12(2)13(15)14(17)18/h11H,3-10H2,1-2H3. The Bertz CT molecular complexity index is 415. The Morgan fingerprint density at radius 1 is 1.17 bits per heavy atom. The average Bonchev–Trinajstić information content (AvgIpc) is 2.37. The van der Waals surface area contributed by atoms with Crippen LogP contribution in [0.5, 0.6) is 0 Å². The number of hydrogen-bond donors (Lipinski definition) is 0. The first kappa shape index (κ1) is 15.4. The summed E-state index contributed by atoms with van der Waals surface area (Å²) >= 11 is 3.29. The molecular weight excluding hydrogens is 292 g/mol. The van der Waals surface area contributed by atoms with Crippen LogP contribution in [0.15, 0.2) is 15.6 Å². The highest BCUT2D eigenvalue weighted by atomic mass is 79.9. The Morgan fingerprint density at radius 3 is 2.44 bits per heavy atom. The highest BCUT2D eigenvalue weighted by molar-refractivity contribution is 9.10. The van der Waals surface area contributed by atoms with E-state index in [1.807, 2.05) is 6.92 Å². The Labute approximate surface area is 118 Å². The van der Waals surface area contributed by atoms with Gasteiger partial charge in [0.1, 0.15) is 4.47 Å². The first-order valence-corrected chi connectivity index (χ1v) is 7.67. The number of rotatable bonds is 8. The number of unbranched alkanes of at least 4 members (excludes halogenated alkanes) is 6. The second kappa shape index (κ2) is 8.46. The van der Waals surface area contributed by atoms with Crippen molar-refractivity contribution in [2.75, 3.05) is 0 Å². The second-order valence-corrected chi connectivity index (χ2v) is 5.56. The van der Waals surface area contributed by atoms with Crippen LogP contribution in [0.1, 0.15) is 57.6 Å². The Hall–Kier alpha value is -0.640. The molecule has 18 heavy (non-hydrogen) atoms. The molecule has 0 atom stereocenters. The fraction of sp³-hybridized carbons (Fsp3) is 0.714.